The highest BCUT2D eigenvalue weighted by Crippen LogP contribution is 2.25. The number of hydrogen-bond acceptors (Lipinski definition) is 6. The van der Waals surface area contributed by atoms with Crippen molar-refractivity contribution in [2.45, 2.75) is 83.5 Å². The molecular weight excluding hydrogens is 483 g/mol. The van der Waals surface area contributed by atoms with E-state index >= 15 is 0 Å². The van der Waals surface area contributed by atoms with E-state index in [2.05, 4.69) is 30.7 Å². The summed E-state index contributed by atoms with van der Waals surface area (Å²) in [7, 11) is 1.79. The van der Waals surface area contributed by atoms with Crippen LogP contribution in [0.4, 0.5) is 0 Å². The zero-order valence-corrected chi connectivity index (χ0v) is 20.4. The van der Waals surface area contributed by atoms with Gasteiger partial charge in [0.1, 0.15) is 6.10 Å². The third-order valence-corrected chi connectivity index (χ3v) is 5.86. The Morgan fingerprint density at radius 1 is 1.24 bits per heavy atom. The molecule has 2 aliphatic rings. The van der Waals surface area contributed by atoms with Crippen LogP contribution in [0.25, 0.3) is 0 Å². The van der Waals surface area contributed by atoms with Crippen LogP contribution in [0.1, 0.15) is 76.6 Å². The van der Waals surface area contributed by atoms with E-state index in [0.717, 1.165) is 24.8 Å². The molecule has 1 aliphatic carbocycles. The molecule has 2 heterocycles. The van der Waals surface area contributed by atoms with Gasteiger partial charge in [0.05, 0.1) is 6.54 Å². The van der Waals surface area contributed by atoms with Gasteiger partial charge in [-0.15, -0.1) is 24.0 Å². The smallest absolute Gasteiger partial charge is 0.246 e. The van der Waals surface area contributed by atoms with Crippen LogP contribution < -0.4 is 10.6 Å². The highest BCUT2D eigenvalue weighted by molar-refractivity contribution is 14.0. The fourth-order valence-corrected chi connectivity index (χ4v) is 4.23. The lowest BCUT2D eigenvalue weighted by atomic mass is 9.92. The predicted octanol–water partition coefficient (Wildman–Crippen LogP) is 3.25. The number of piperidine rings is 1. The first-order valence-corrected chi connectivity index (χ1v) is 10.8. The van der Waals surface area contributed by atoms with Gasteiger partial charge in [0.2, 0.25) is 5.89 Å². The second-order valence-electron chi connectivity index (χ2n) is 7.82. The monoisotopic (exact) mass is 520 g/mol. The van der Waals surface area contributed by atoms with Crippen LogP contribution >= 0.6 is 24.0 Å². The third kappa shape index (κ3) is 7.36. The van der Waals surface area contributed by atoms with E-state index in [0.29, 0.717) is 30.9 Å². The van der Waals surface area contributed by atoms with Gasteiger partial charge in [0.15, 0.2) is 11.8 Å². The number of rotatable bonds is 7. The molecule has 29 heavy (non-hydrogen) atoms. The van der Waals surface area contributed by atoms with Crippen molar-refractivity contribution in [3.63, 3.8) is 0 Å². The molecule has 1 saturated heterocycles. The lowest BCUT2D eigenvalue weighted by molar-refractivity contribution is 0.0683. The lowest BCUT2D eigenvalue weighted by Crippen LogP contribution is -2.50. The quantitative estimate of drug-likeness (QED) is 0.324. The van der Waals surface area contributed by atoms with Crippen molar-refractivity contribution in [1.82, 2.24) is 25.7 Å². The Labute approximate surface area is 191 Å². The summed E-state index contributed by atoms with van der Waals surface area (Å²) in [4.78, 5) is 11.4. The Kier molecular flexibility index (Phi) is 10.6. The molecule has 0 aromatic carbocycles. The lowest BCUT2D eigenvalue weighted by Gasteiger charge is -2.39. The highest BCUT2D eigenvalue weighted by Gasteiger charge is 2.26. The SMILES string of the molecule is CCOC(C)c1noc(CNC(=NC)NC2CCN(C3CCCCC3)CC2)n1.I. The van der Waals surface area contributed by atoms with E-state index in [1.807, 2.05) is 13.8 Å². The van der Waals surface area contributed by atoms with Crippen molar-refractivity contribution in [3.8, 4) is 0 Å². The minimum atomic E-state index is -0.158. The van der Waals surface area contributed by atoms with Crippen molar-refractivity contribution in [1.29, 1.82) is 0 Å². The highest BCUT2D eigenvalue weighted by atomic mass is 127. The molecule has 1 aromatic heterocycles. The number of aromatic nitrogens is 2. The van der Waals surface area contributed by atoms with Gasteiger partial charge in [-0.1, -0.05) is 24.4 Å². The zero-order valence-electron chi connectivity index (χ0n) is 18.0. The second kappa shape index (κ2) is 12.7. The Morgan fingerprint density at radius 3 is 2.62 bits per heavy atom. The number of nitrogens with zero attached hydrogens (tertiary/aromatic N) is 4. The van der Waals surface area contributed by atoms with Gasteiger partial charge in [0.25, 0.3) is 0 Å². The molecule has 0 bridgehead atoms. The van der Waals surface area contributed by atoms with Crippen molar-refractivity contribution in [3.05, 3.63) is 11.7 Å². The minimum Gasteiger partial charge on any atom is -0.371 e. The molecule has 0 spiro atoms. The Morgan fingerprint density at radius 2 is 1.97 bits per heavy atom. The summed E-state index contributed by atoms with van der Waals surface area (Å²) in [5, 5.41) is 10.8. The Hall–Kier alpha value is -0.940. The van der Waals surface area contributed by atoms with E-state index in [4.69, 9.17) is 9.26 Å². The molecule has 1 aromatic rings. The number of halogens is 1. The van der Waals surface area contributed by atoms with Gasteiger partial charge in [-0.2, -0.15) is 4.98 Å². The standard InChI is InChI=1S/C20H36N6O2.HI/c1-4-27-15(2)19-24-18(28-25-19)14-22-20(21-3)23-16-10-12-26(13-11-16)17-8-6-5-7-9-17;/h15-17H,4-14H2,1-3H3,(H2,21,22,23);1H. The molecule has 8 nitrogen and oxygen atoms in total. The van der Waals surface area contributed by atoms with Gasteiger partial charge in [-0.05, 0) is 39.5 Å². The summed E-state index contributed by atoms with van der Waals surface area (Å²) in [6, 6.07) is 1.28. The van der Waals surface area contributed by atoms with E-state index in [-0.39, 0.29) is 30.1 Å². The first-order valence-electron chi connectivity index (χ1n) is 10.8. The van der Waals surface area contributed by atoms with Gasteiger partial charge < -0.3 is 24.8 Å². The van der Waals surface area contributed by atoms with E-state index in [1.165, 1.54) is 45.2 Å². The van der Waals surface area contributed by atoms with Crippen molar-refractivity contribution in [2.75, 3.05) is 26.7 Å². The summed E-state index contributed by atoms with van der Waals surface area (Å²) in [5.41, 5.74) is 0. The zero-order chi connectivity index (χ0) is 19.8. The molecule has 9 heteroatoms. The molecule has 0 amide bonds. The molecule has 1 aliphatic heterocycles. The van der Waals surface area contributed by atoms with Crippen LogP contribution in [-0.2, 0) is 11.3 Å². The largest absolute Gasteiger partial charge is 0.371 e. The Balaban J connectivity index is 0.00000300. The van der Waals surface area contributed by atoms with Crippen molar-refractivity contribution >= 4 is 29.9 Å². The van der Waals surface area contributed by atoms with E-state index in [1.54, 1.807) is 7.05 Å². The molecule has 2 N–H and O–H groups in total. The second-order valence-corrected chi connectivity index (χ2v) is 7.82. The summed E-state index contributed by atoms with van der Waals surface area (Å²) in [6.45, 7) is 7.31. The van der Waals surface area contributed by atoms with Gasteiger partial charge in [-0.3, -0.25) is 4.99 Å². The maximum absolute atomic E-state index is 5.50. The number of aliphatic imine (C=N–C) groups is 1. The van der Waals surface area contributed by atoms with Crippen molar-refractivity contribution < 1.29 is 9.26 Å². The van der Waals surface area contributed by atoms with Gasteiger partial charge >= 0.3 is 0 Å². The Bertz CT molecular complexity index is 612. The number of guanidine groups is 1. The van der Waals surface area contributed by atoms with Crippen molar-refractivity contribution in [2.24, 2.45) is 4.99 Å². The maximum Gasteiger partial charge on any atom is 0.246 e. The van der Waals surface area contributed by atoms with Crippen LogP contribution in [0, 0.1) is 0 Å². The minimum absolute atomic E-state index is 0. The number of ether oxygens (including phenoxy) is 1. The molecule has 2 fully saturated rings. The van der Waals surface area contributed by atoms with Crippen LogP contribution in [-0.4, -0.2) is 59.8 Å². The molecule has 3 rings (SSSR count). The molecular formula is C20H37IN6O2. The van der Waals surface area contributed by atoms with Crippen LogP contribution in [0.2, 0.25) is 0 Å². The molecule has 1 saturated carbocycles. The topological polar surface area (TPSA) is 87.8 Å². The summed E-state index contributed by atoms with van der Waals surface area (Å²) < 4.78 is 10.8. The number of likely N-dealkylation sites (tertiary alicyclic amines) is 1. The number of nitrogens with one attached hydrogen (secondary N) is 2. The predicted molar refractivity (Wildman–Crippen MR) is 125 cm³/mol. The molecule has 166 valence electrons. The first-order chi connectivity index (χ1) is 13.7. The normalized spacial score (nSPS) is 20.9. The summed E-state index contributed by atoms with van der Waals surface area (Å²) in [5.74, 6) is 1.90. The average molecular weight is 520 g/mol. The van der Waals surface area contributed by atoms with Gasteiger partial charge in [0, 0.05) is 38.8 Å². The third-order valence-electron chi connectivity index (χ3n) is 5.86. The molecule has 1 unspecified atom stereocenters. The fourth-order valence-electron chi connectivity index (χ4n) is 4.23. The maximum atomic E-state index is 5.50. The first kappa shape index (κ1) is 24.3. The summed E-state index contributed by atoms with van der Waals surface area (Å²) >= 11 is 0. The molecule has 0 radical (unpaired) electrons. The van der Waals surface area contributed by atoms with Crippen LogP contribution in [0.15, 0.2) is 9.52 Å². The average Bonchev–Trinajstić information content (AvgIpc) is 3.21. The van der Waals surface area contributed by atoms with Crippen LogP contribution in [0.5, 0.6) is 0 Å². The van der Waals surface area contributed by atoms with E-state index in [9.17, 15) is 0 Å². The van der Waals surface area contributed by atoms with Gasteiger partial charge in [-0.25, -0.2) is 0 Å². The molecule has 1 atom stereocenters. The number of hydrogen-bond donors (Lipinski definition) is 2. The summed E-state index contributed by atoms with van der Waals surface area (Å²) in [6.07, 6.45) is 9.16. The fraction of sp³-hybridized carbons (Fsp3) is 0.850. The van der Waals surface area contributed by atoms with Crippen LogP contribution in [0.3, 0.4) is 0 Å². The van der Waals surface area contributed by atoms with E-state index < -0.39 is 0 Å².